The molecule has 8 rings (SSSR count). The van der Waals surface area contributed by atoms with Gasteiger partial charge in [-0.1, -0.05) is 184 Å². The first-order valence-corrected chi connectivity index (χ1v) is 19.4. The molecule has 2 unspecified atom stereocenters. The number of benzene rings is 7. The third-order valence-corrected chi connectivity index (χ3v) is 13.8. The van der Waals surface area contributed by atoms with E-state index in [-0.39, 0.29) is 11.3 Å². The summed E-state index contributed by atoms with van der Waals surface area (Å²) in [6, 6.07) is 63.6. The molecule has 1 fully saturated rings. The highest BCUT2D eigenvalue weighted by atomic mass is 31.1. The zero-order chi connectivity index (χ0) is 34.7. The van der Waals surface area contributed by atoms with E-state index in [1.807, 2.05) is 0 Å². The predicted octanol–water partition coefficient (Wildman–Crippen LogP) is 12.9. The van der Waals surface area contributed by atoms with Crippen LogP contribution in [0.2, 0.25) is 0 Å². The van der Waals surface area contributed by atoms with Crippen LogP contribution in [-0.2, 0) is 4.79 Å². The van der Waals surface area contributed by atoms with Gasteiger partial charge in [0.05, 0.1) is 0 Å². The van der Waals surface area contributed by atoms with E-state index in [4.69, 9.17) is 0 Å². The lowest BCUT2D eigenvalue weighted by molar-refractivity contribution is -0.119. The average Bonchev–Trinajstić information content (AvgIpc) is 3.18. The quantitative estimate of drug-likeness (QED) is 0.154. The summed E-state index contributed by atoms with van der Waals surface area (Å²) in [6.07, 6.45) is 1.05. The van der Waals surface area contributed by atoms with Crippen molar-refractivity contribution in [1.29, 1.82) is 0 Å². The number of ketones is 1. The zero-order valence-corrected chi connectivity index (χ0v) is 30.1. The molecule has 1 heterocycles. The minimum atomic E-state index is -1.02. The van der Waals surface area contributed by atoms with Gasteiger partial charge >= 0.3 is 0 Å². The summed E-state index contributed by atoms with van der Waals surface area (Å²) in [4.78, 5) is 14.3. The highest BCUT2D eigenvalue weighted by Crippen LogP contribution is 2.69. The summed E-state index contributed by atoms with van der Waals surface area (Å²) in [7, 11) is -1.02. The molecule has 2 heteroatoms. The van der Waals surface area contributed by atoms with Crippen molar-refractivity contribution in [3.8, 4) is 44.5 Å². The number of hydrogen-bond acceptors (Lipinski definition) is 1. The van der Waals surface area contributed by atoms with E-state index >= 15 is 0 Å². The van der Waals surface area contributed by atoms with Crippen molar-refractivity contribution in [2.75, 3.05) is 0 Å². The Balaban J connectivity index is 1.47. The van der Waals surface area contributed by atoms with Gasteiger partial charge in [-0.3, -0.25) is 4.79 Å². The van der Waals surface area contributed by atoms with E-state index in [2.05, 4.69) is 190 Å². The third-order valence-electron chi connectivity index (χ3n) is 10.5. The second-order valence-electron chi connectivity index (χ2n) is 13.6. The molecule has 2 atom stereocenters. The molecule has 0 bridgehead atoms. The minimum Gasteiger partial charge on any atom is -0.300 e. The van der Waals surface area contributed by atoms with E-state index in [9.17, 15) is 4.79 Å². The summed E-state index contributed by atoms with van der Waals surface area (Å²) < 4.78 is 0. The van der Waals surface area contributed by atoms with Crippen LogP contribution in [0, 0.1) is 13.8 Å². The van der Waals surface area contributed by atoms with Crippen LogP contribution >= 0.6 is 7.92 Å². The molecule has 248 valence electrons. The van der Waals surface area contributed by atoms with Gasteiger partial charge < -0.3 is 0 Å². The zero-order valence-electron chi connectivity index (χ0n) is 29.2. The lowest BCUT2D eigenvalue weighted by Crippen LogP contribution is -2.26. The standard InChI is InChI=1S/C49H41OP/c1-34-18-9-11-24-39(34)45-30-17-31-46(40-25-12-10-19-35(40)2)49(45)51-47(43-28-15-13-26-41(43)36-20-5-3-6-21-36)32-38(50)33-48(51)44-29-16-14-27-42(44)37-22-7-4-8-23-37/h3-31,47-48H,32-33H2,1-2H3. The molecular weight excluding hydrogens is 636 g/mol. The Morgan fingerprint density at radius 2 is 0.745 bits per heavy atom. The Kier molecular flexibility index (Phi) is 9.31. The van der Waals surface area contributed by atoms with E-state index in [0.717, 1.165) is 0 Å². The number of carbonyl (C=O) groups excluding carboxylic acids is 1. The minimum absolute atomic E-state index is 0.0134. The molecular formula is C49H41OP. The molecule has 1 nitrogen and oxygen atoms in total. The highest BCUT2D eigenvalue weighted by Gasteiger charge is 2.43. The molecule has 1 aliphatic heterocycles. The van der Waals surface area contributed by atoms with E-state index < -0.39 is 7.92 Å². The molecule has 0 spiro atoms. The summed E-state index contributed by atoms with van der Waals surface area (Å²) in [5.74, 6) is 0.334. The van der Waals surface area contributed by atoms with Gasteiger partial charge in [-0.05, 0) is 85.9 Å². The van der Waals surface area contributed by atoms with Crippen LogP contribution < -0.4 is 5.30 Å². The van der Waals surface area contributed by atoms with Crippen LogP contribution in [0.15, 0.2) is 176 Å². The van der Waals surface area contributed by atoms with Gasteiger partial charge in [0.1, 0.15) is 5.78 Å². The Hall–Kier alpha value is -5.36. The second-order valence-corrected chi connectivity index (χ2v) is 16.1. The van der Waals surface area contributed by atoms with Gasteiger partial charge in [0.2, 0.25) is 0 Å². The fourth-order valence-electron chi connectivity index (χ4n) is 8.10. The molecule has 0 aromatic heterocycles. The Labute approximate surface area is 303 Å². The SMILES string of the molecule is Cc1ccccc1-c1cccc(-c2ccccc2C)c1P1C(c2ccccc2-c2ccccc2)CC(=O)CC1c1ccccc1-c1ccccc1. The second kappa shape index (κ2) is 14.5. The summed E-state index contributed by atoms with van der Waals surface area (Å²) in [5.41, 5.74) is 14.9. The van der Waals surface area contributed by atoms with Gasteiger partial charge in [0.25, 0.3) is 0 Å². The Morgan fingerprint density at radius 1 is 0.392 bits per heavy atom. The maximum atomic E-state index is 14.3. The molecule has 0 saturated carbocycles. The molecule has 0 aliphatic carbocycles. The van der Waals surface area contributed by atoms with Gasteiger partial charge in [0.15, 0.2) is 0 Å². The van der Waals surface area contributed by atoms with Crippen LogP contribution in [0.4, 0.5) is 0 Å². The molecule has 51 heavy (non-hydrogen) atoms. The van der Waals surface area contributed by atoms with Crippen molar-refractivity contribution in [2.45, 2.75) is 38.0 Å². The summed E-state index contributed by atoms with van der Waals surface area (Å²) in [5, 5.41) is 1.39. The fraction of sp³-hybridized carbons (Fsp3) is 0.122. The van der Waals surface area contributed by atoms with Crippen LogP contribution in [-0.4, -0.2) is 5.78 Å². The van der Waals surface area contributed by atoms with Crippen molar-refractivity contribution >= 4 is 19.0 Å². The number of hydrogen-bond donors (Lipinski definition) is 0. The van der Waals surface area contributed by atoms with Crippen molar-refractivity contribution in [3.63, 3.8) is 0 Å². The first-order chi connectivity index (χ1) is 25.1. The average molecular weight is 677 g/mol. The van der Waals surface area contributed by atoms with E-state index in [1.165, 1.54) is 72.1 Å². The lowest BCUT2D eigenvalue weighted by atomic mass is 9.92. The van der Waals surface area contributed by atoms with Crippen LogP contribution in [0.5, 0.6) is 0 Å². The predicted molar refractivity (Wildman–Crippen MR) is 217 cm³/mol. The molecule has 7 aromatic carbocycles. The van der Waals surface area contributed by atoms with Crippen molar-refractivity contribution in [2.24, 2.45) is 0 Å². The molecule has 0 amide bonds. The topological polar surface area (TPSA) is 17.1 Å². The Morgan fingerprint density at radius 3 is 1.18 bits per heavy atom. The first kappa shape index (κ1) is 32.8. The van der Waals surface area contributed by atoms with Crippen molar-refractivity contribution in [1.82, 2.24) is 0 Å². The highest BCUT2D eigenvalue weighted by molar-refractivity contribution is 7.67. The van der Waals surface area contributed by atoms with Crippen LogP contribution in [0.3, 0.4) is 0 Å². The maximum absolute atomic E-state index is 14.3. The van der Waals surface area contributed by atoms with E-state index in [0.29, 0.717) is 18.6 Å². The van der Waals surface area contributed by atoms with Gasteiger partial charge in [-0.25, -0.2) is 0 Å². The molecule has 1 saturated heterocycles. The molecule has 1 aliphatic rings. The van der Waals surface area contributed by atoms with Gasteiger partial charge in [-0.2, -0.15) is 0 Å². The van der Waals surface area contributed by atoms with Gasteiger partial charge in [0, 0.05) is 24.2 Å². The van der Waals surface area contributed by atoms with Crippen molar-refractivity contribution in [3.05, 3.63) is 198 Å². The lowest BCUT2D eigenvalue weighted by Gasteiger charge is -2.42. The number of aryl methyl sites for hydroxylation is 2. The third kappa shape index (κ3) is 6.40. The smallest absolute Gasteiger partial charge is 0.134 e. The molecule has 0 radical (unpaired) electrons. The first-order valence-electron chi connectivity index (χ1n) is 17.9. The Bertz CT molecular complexity index is 2160. The number of carbonyl (C=O) groups is 1. The molecule has 0 N–H and O–H groups in total. The largest absolute Gasteiger partial charge is 0.300 e. The fourth-order valence-corrected chi connectivity index (χ4v) is 12.0. The number of rotatable bonds is 7. The van der Waals surface area contributed by atoms with Gasteiger partial charge in [-0.15, -0.1) is 0 Å². The van der Waals surface area contributed by atoms with Crippen molar-refractivity contribution < 1.29 is 4.79 Å². The summed E-state index contributed by atoms with van der Waals surface area (Å²) >= 11 is 0. The maximum Gasteiger partial charge on any atom is 0.134 e. The molecule has 7 aromatic rings. The normalized spacial score (nSPS) is 17.3. The monoisotopic (exact) mass is 676 g/mol. The number of Topliss-reactive ketones (excluding diaryl/α,β-unsaturated/α-hetero) is 1. The van der Waals surface area contributed by atoms with Crippen LogP contribution in [0.25, 0.3) is 44.5 Å². The van der Waals surface area contributed by atoms with E-state index in [1.54, 1.807) is 0 Å². The van der Waals surface area contributed by atoms with Crippen LogP contribution in [0.1, 0.15) is 46.4 Å². The summed E-state index contributed by atoms with van der Waals surface area (Å²) in [6.45, 7) is 4.45.